The molecule has 24 aromatic carbocycles. The van der Waals surface area contributed by atoms with E-state index in [0.717, 1.165) is 139 Å². The van der Waals surface area contributed by atoms with Crippen LogP contribution in [0, 0.1) is 0 Å². The fourth-order valence-corrected chi connectivity index (χ4v) is 20.7. The van der Waals surface area contributed by atoms with Gasteiger partial charge in [-0.15, -0.1) is 0 Å². The standard InChI is InChI=1S/C50H33NO.C44H29NO.C38H25NO/c1-3-13-34(14-4-1)35-23-27-39(28-24-35)51(48-33-50-47(44-21-11-12-22-49(44)52-50)32-46(48)36-15-5-2-6-16-36)40-29-25-37(26-30-40)45-31-38-17-7-8-18-41(38)42-19-9-10-20-43(42)45;1-2-11-30(12-3-1)31-21-25-34(26-22-31)45(41-18-10-20-43-44(41)39-17-8-9-19-42(39)46-43)35-27-23-32(24-28-35)40-29-33-13-4-5-14-36(33)37-15-6-7-16-38(37)40;1-3-13-26(14-4-1)30-21-11-22-33-34-23-12-24-35(38(34)40-37(30)33)39(28-16-5-2-6-17-28)36-25-27-15-7-8-18-29(27)31-19-9-10-20-32(31)36/h1-33H;1-29H;1-25H. The molecule has 6 nitrogen and oxygen atoms in total. The van der Waals surface area contributed by atoms with Gasteiger partial charge in [-0.1, -0.05) is 406 Å². The summed E-state index contributed by atoms with van der Waals surface area (Å²) in [6, 6.07) is 188. The molecule has 0 N–H and O–H groups in total. The van der Waals surface area contributed by atoms with E-state index in [4.69, 9.17) is 13.3 Å². The summed E-state index contributed by atoms with van der Waals surface area (Å²) in [5.41, 5.74) is 29.1. The van der Waals surface area contributed by atoms with Gasteiger partial charge in [0.05, 0.1) is 28.1 Å². The first-order chi connectivity index (χ1) is 68.5. The Morgan fingerprint density at radius 1 is 0.130 bits per heavy atom. The second-order valence-electron chi connectivity index (χ2n) is 35.2. The summed E-state index contributed by atoms with van der Waals surface area (Å²) in [4.78, 5) is 7.06. The largest absolute Gasteiger partial charge is 0.456 e. The lowest BCUT2D eigenvalue weighted by atomic mass is 9.93. The Hall–Kier alpha value is -18.4. The molecule has 6 heteroatoms. The maximum absolute atomic E-state index is 6.85. The average Bonchev–Trinajstić information content (AvgIpc) is 1.33. The molecule has 0 fully saturated rings. The van der Waals surface area contributed by atoms with E-state index >= 15 is 0 Å². The third kappa shape index (κ3) is 14.9. The molecule has 0 aliphatic rings. The number of para-hydroxylation sites is 5. The molecule has 27 aromatic rings. The molecule has 138 heavy (non-hydrogen) atoms. The van der Waals surface area contributed by atoms with E-state index in [9.17, 15) is 0 Å². The molecule has 0 saturated heterocycles. The second kappa shape index (κ2) is 35.3. The lowest BCUT2D eigenvalue weighted by Crippen LogP contribution is -2.11. The number of benzene rings is 24. The maximum Gasteiger partial charge on any atom is 0.159 e. The van der Waals surface area contributed by atoms with Crippen LogP contribution in [0.25, 0.3) is 197 Å². The van der Waals surface area contributed by atoms with Gasteiger partial charge in [0.25, 0.3) is 0 Å². The number of hydrogen-bond donors (Lipinski definition) is 0. The van der Waals surface area contributed by atoms with Crippen LogP contribution in [-0.4, -0.2) is 0 Å². The van der Waals surface area contributed by atoms with Gasteiger partial charge in [-0.25, -0.2) is 0 Å². The first kappa shape index (κ1) is 81.6. The van der Waals surface area contributed by atoms with Crippen molar-refractivity contribution in [3.8, 4) is 66.8 Å². The molecule has 0 amide bonds. The summed E-state index contributed by atoms with van der Waals surface area (Å²) in [6.07, 6.45) is 0. The number of anilines is 9. The predicted octanol–water partition coefficient (Wildman–Crippen LogP) is 38.1. The van der Waals surface area contributed by atoms with E-state index in [0.29, 0.717) is 0 Å². The van der Waals surface area contributed by atoms with Crippen LogP contribution in [0.3, 0.4) is 0 Å². The van der Waals surface area contributed by atoms with Crippen molar-refractivity contribution in [2.24, 2.45) is 0 Å². The Bertz CT molecular complexity index is 9240. The zero-order valence-corrected chi connectivity index (χ0v) is 75.3. The molecule has 0 bridgehead atoms. The van der Waals surface area contributed by atoms with Crippen LogP contribution in [0.1, 0.15) is 0 Å². The Balaban J connectivity index is 0.000000111. The van der Waals surface area contributed by atoms with Crippen molar-refractivity contribution in [1.29, 1.82) is 0 Å². The first-order valence-electron chi connectivity index (χ1n) is 47.1. The zero-order chi connectivity index (χ0) is 91.4. The number of hydrogen-bond acceptors (Lipinski definition) is 6. The molecular formula is C132H87N3O3. The smallest absolute Gasteiger partial charge is 0.159 e. The fraction of sp³-hybridized carbons (Fsp3) is 0. The molecule has 3 aromatic heterocycles. The van der Waals surface area contributed by atoms with Gasteiger partial charge < -0.3 is 28.0 Å². The molecule has 0 unspecified atom stereocenters. The van der Waals surface area contributed by atoms with E-state index < -0.39 is 0 Å². The molecule has 27 rings (SSSR count). The lowest BCUT2D eigenvalue weighted by Gasteiger charge is -2.28. The Morgan fingerprint density at radius 3 is 0.971 bits per heavy atom. The van der Waals surface area contributed by atoms with Crippen LogP contribution in [0.2, 0.25) is 0 Å². The number of nitrogens with zero attached hydrogens (tertiary/aromatic N) is 3. The summed E-state index contributed by atoms with van der Waals surface area (Å²) in [5, 5.41) is 21.7. The number of fused-ring (bicyclic) bond motifs is 18. The van der Waals surface area contributed by atoms with E-state index in [-0.39, 0.29) is 0 Å². The summed E-state index contributed by atoms with van der Waals surface area (Å²) >= 11 is 0. The van der Waals surface area contributed by atoms with Gasteiger partial charge in [0, 0.05) is 77.9 Å². The zero-order valence-electron chi connectivity index (χ0n) is 75.3. The first-order valence-corrected chi connectivity index (χ1v) is 47.1. The SMILES string of the molecule is c1ccc(-c2ccc(N(c3ccc(-c4cc5ccccc5c5ccccc45)cc3)c3cc4oc5ccccc5c4cc3-c3ccccc3)cc2)cc1.c1ccc(-c2ccc(N(c3ccc(-c4cc5ccccc5c5ccccc45)cc3)c3cccc4oc5ccccc5c34)cc2)cc1.c1ccc(-c2cccc3c2oc2c(N(c4ccccc4)c4cc5ccccc5c5ccccc45)cccc23)cc1. The Morgan fingerprint density at radius 2 is 0.457 bits per heavy atom. The van der Waals surface area contributed by atoms with E-state index in [1.807, 2.05) is 30.3 Å². The van der Waals surface area contributed by atoms with E-state index in [1.54, 1.807) is 0 Å². The van der Waals surface area contributed by atoms with Crippen LogP contribution in [0.5, 0.6) is 0 Å². The Kier molecular flexibility index (Phi) is 20.9. The van der Waals surface area contributed by atoms with Crippen LogP contribution >= 0.6 is 0 Å². The van der Waals surface area contributed by atoms with Crippen LogP contribution < -0.4 is 14.7 Å². The van der Waals surface area contributed by atoms with Gasteiger partial charge in [0.15, 0.2) is 5.58 Å². The molecule has 0 spiro atoms. The molecule has 3 heterocycles. The van der Waals surface area contributed by atoms with Gasteiger partial charge in [-0.3, -0.25) is 0 Å². The minimum absolute atomic E-state index is 0.862. The van der Waals surface area contributed by atoms with Gasteiger partial charge in [0.2, 0.25) is 0 Å². The highest BCUT2D eigenvalue weighted by Crippen LogP contribution is 2.52. The molecular weight excluding hydrogens is 1680 g/mol. The van der Waals surface area contributed by atoms with Gasteiger partial charge >= 0.3 is 0 Å². The highest BCUT2D eigenvalue weighted by atomic mass is 16.3. The molecule has 0 aliphatic carbocycles. The van der Waals surface area contributed by atoms with Crippen LogP contribution in [0.4, 0.5) is 51.2 Å². The molecule has 0 radical (unpaired) electrons. The van der Waals surface area contributed by atoms with Gasteiger partial charge in [0.1, 0.15) is 27.9 Å². The minimum Gasteiger partial charge on any atom is -0.456 e. The van der Waals surface area contributed by atoms with Gasteiger partial charge in [-0.05, 0) is 230 Å². The van der Waals surface area contributed by atoms with Gasteiger partial charge in [-0.2, -0.15) is 0 Å². The van der Waals surface area contributed by atoms with Crippen molar-refractivity contribution in [3.05, 3.63) is 528 Å². The fourth-order valence-electron chi connectivity index (χ4n) is 20.7. The number of rotatable bonds is 15. The third-order valence-electron chi connectivity index (χ3n) is 27.1. The maximum atomic E-state index is 6.85. The highest BCUT2D eigenvalue weighted by molar-refractivity contribution is 6.21. The number of furan rings is 3. The second-order valence-corrected chi connectivity index (χ2v) is 35.2. The quantitative estimate of drug-likeness (QED) is 0.0954. The topological polar surface area (TPSA) is 49.1 Å². The van der Waals surface area contributed by atoms with Crippen LogP contribution in [-0.2, 0) is 0 Å². The van der Waals surface area contributed by atoms with E-state index in [1.165, 1.54) is 109 Å². The molecule has 648 valence electrons. The van der Waals surface area contributed by atoms with E-state index in [2.05, 4.69) is 512 Å². The molecule has 0 atom stereocenters. The average molecular weight is 1760 g/mol. The minimum atomic E-state index is 0.862. The van der Waals surface area contributed by atoms with Crippen molar-refractivity contribution in [2.75, 3.05) is 14.7 Å². The summed E-state index contributed by atoms with van der Waals surface area (Å²) in [5.74, 6) is 0. The molecule has 0 saturated carbocycles. The highest BCUT2D eigenvalue weighted by Gasteiger charge is 2.27. The summed E-state index contributed by atoms with van der Waals surface area (Å²) in [7, 11) is 0. The molecule has 0 aliphatic heterocycles. The van der Waals surface area contributed by atoms with Crippen molar-refractivity contribution >= 4 is 182 Å². The monoisotopic (exact) mass is 1760 g/mol. The van der Waals surface area contributed by atoms with Crippen molar-refractivity contribution in [1.82, 2.24) is 0 Å². The van der Waals surface area contributed by atoms with Crippen LogP contribution in [0.15, 0.2) is 541 Å². The Labute approximate surface area is 798 Å². The predicted molar refractivity (Wildman–Crippen MR) is 583 cm³/mol. The summed E-state index contributed by atoms with van der Waals surface area (Å²) in [6.45, 7) is 0. The van der Waals surface area contributed by atoms with Crippen molar-refractivity contribution in [2.45, 2.75) is 0 Å². The van der Waals surface area contributed by atoms with Crippen molar-refractivity contribution in [3.63, 3.8) is 0 Å². The normalized spacial score (nSPS) is 11.5. The third-order valence-corrected chi connectivity index (χ3v) is 27.1. The van der Waals surface area contributed by atoms with Crippen molar-refractivity contribution < 1.29 is 13.3 Å². The lowest BCUT2D eigenvalue weighted by molar-refractivity contribution is 0.668. The summed E-state index contributed by atoms with van der Waals surface area (Å²) < 4.78 is 19.7.